The molecule has 0 aliphatic carbocycles. The molecule has 1 atom stereocenters. The fourth-order valence-electron chi connectivity index (χ4n) is 1.72. The van der Waals surface area contributed by atoms with Crippen LogP contribution in [0.15, 0.2) is 45.6 Å². The lowest BCUT2D eigenvalue weighted by Gasteiger charge is -2.13. The molecule has 0 saturated carbocycles. The average molecular weight is 316 g/mol. The van der Waals surface area contributed by atoms with Crippen molar-refractivity contribution in [3.63, 3.8) is 0 Å². The van der Waals surface area contributed by atoms with Crippen molar-refractivity contribution >= 4 is 38.9 Å². The molecular weight excluding hydrogens is 304 g/mol. The van der Waals surface area contributed by atoms with Crippen molar-refractivity contribution in [3.05, 3.63) is 56.7 Å². The molecule has 1 heterocycles. The van der Waals surface area contributed by atoms with E-state index < -0.39 is 0 Å². The number of benzene rings is 1. The van der Waals surface area contributed by atoms with E-state index in [1.165, 1.54) is 11.1 Å². The molecular formula is C13H12BrClS. The molecule has 0 nitrogen and oxygen atoms in total. The van der Waals surface area contributed by atoms with Gasteiger partial charge in [0, 0.05) is 16.3 Å². The Morgan fingerprint density at radius 3 is 2.81 bits per heavy atom. The molecule has 0 radical (unpaired) electrons. The van der Waals surface area contributed by atoms with Crippen LogP contribution in [0.4, 0.5) is 0 Å². The molecule has 0 N–H and O–H groups in total. The molecule has 16 heavy (non-hydrogen) atoms. The van der Waals surface area contributed by atoms with Crippen LogP contribution >= 0.6 is 38.9 Å². The summed E-state index contributed by atoms with van der Waals surface area (Å²) in [6, 6.07) is 10.6. The minimum atomic E-state index is 0.397. The Balaban J connectivity index is 2.16. The topological polar surface area (TPSA) is 0 Å². The Hall–Kier alpha value is -0.310. The van der Waals surface area contributed by atoms with Gasteiger partial charge in [-0.25, -0.2) is 0 Å². The van der Waals surface area contributed by atoms with Gasteiger partial charge in [0.1, 0.15) is 0 Å². The maximum atomic E-state index is 6.06. The smallest absolute Gasteiger partial charge is 0.0295 e. The highest BCUT2D eigenvalue weighted by Crippen LogP contribution is 2.25. The maximum Gasteiger partial charge on any atom is 0.0295 e. The SMILES string of the molecule is ClCC(Cc1ccsc1)c1cccc(Br)c1. The summed E-state index contributed by atoms with van der Waals surface area (Å²) in [7, 11) is 0. The largest absolute Gasteiger partial charge is 0.152 e. The van der Waals surface area contributed by atoms with Gasteiger partial charge < -0.3 is 0 Å². The zero-order valence-corrected chi connectivity index (χ0v) is 11.9. The third-order valence-corrected chi connectivity index (χ3v) is 4.17. The predicted octanol–water partition coefficient (Wildman–Crippen LogP) is 5.08. The molecule has 0 fully saturated rings. The van der Waals surface area contributed by atoms with Crippen molar-refractivity contribution in [1.29, 1.82) is 0 Å². The van der Waals surface area contributed by atoms with Gasteiger partial charge in [0.25, 0.3) is 0 Å². The summed E-state index contributed by atoms with van der Waals surface area (Å²) in [6.07, 6.45) is 1.02. The summed E-state index contributed by atoms with van der Waals surface area (Å²) in [4.78, 5) is 0. The number of hydrogen-bond donors (Lipinski definition) is 0. The normalized spacial score (nSPS) is 12.6. The number of halogens is 2. The van der Waals surface area contributed by atoms with Crippen LogP contribution in [-0.4, -0.2) is 5.88 Å². The van der Waals surface area contributed by atoms with Crippen LogP contribution in [0.5, 0.6) is 0 Å². The summed E-state index contributed by atoms with van der Waals surface area (Å²) in [5, 5.41) is 4.30. The van der Waals surface area contributed by atoms with Gasteiger partial charge in [-0.1, -0.05) is 28.1 Å². The first-order valence-corrected chi connectivity index (χ1v) is 7.39. The number of hydrogen-bond acceptors (Lipinski definition) is 1. The van der Waals surface area contributed by atoms with E-state index in [2.05, 4.69) is 51.0 Å². The summed E-state index contributed by atoms with van der Waals surface area (Å²) in [5.74, 6) is 1.06. The maximum absolute atomic E-state index is 6.06. The summed E-state index contributed by atoms with van der Waals surface area (Å²) < 4.78 is 1.12. The van der Waals surface area contributed by atoms with Gasteiger partial charge in [-0.15, -0.1) is 11.6 Å². The van der Waals surface area contributed by atoms with Crippen molar-refractivity contribution < 1.29 is 0 Å². The Labute approximate surface area is 113 Å². The molecule has 84 valence electrons. The molecule has 1 unspecified atom stereocenters. The van der Waals surface area contributed by atoms with E-state index in [0.717, 1.165) is 10.9 Å². The summed E-state index contributed by atoms with van der Waals surface area (Å²) in [6.45, 7) is 0. The molecule has 2 aromatic rings. The lowest BCUT2D eigenvalue weighted by molar-refractivity contribution is 0.768. The first-order chi connectivity index (χ1) is 7.79. The molecule has 0 amide bonds. The van der Waals surface area contributed by atoms with Crippen LogP contribution in [0.3, 0.4) is 0 Å². The van der Waals surface area contributed by atoms with Crippen molar-refractivity contribution in [2.75, 3.05) is 5.88 Å². The molecule has 2 rings (SSSR count). The van der Waals surface area contributed by atoms with Crippen LogP contribution < -0.4 is 0 Å². The highest BCUT2D eigenvalue weighted by atomic mass is 79.9. The second-order valence-corrected chi connectivity index (χ2v) is 5.75. The van der Waals surface area contributed by atoms with E-state index in [0.29, 0.717) is 11.8 Å². The van der Waals surface area contributed by atoms with Crippen molar-refractivity contribution in [2.45, 2.75) is 12.3 Å². The van der Waals surface area contributed by atoms with Gasteiger partial charge in [0.05, 0.1) is 0 Å². The van der Waals surface area contributed by atoms with Crippen molar-refractivity contribution in [3.8, 4) is 0 Å². The second kappa shape index (κ2) is 5.85. The lowest BCUT2D eigenvalue weighted by Crippen LogP contribution is -2.03. The molecule has 3 heteroatoms. The van der Waals surface area contributed by atoms with Gasteiger partial charge in [-0.2, -0.15) is 11.3 Å². The van der Waals surface area contributed by atoms with Crippen LogP contribution in [0.1, 0.15) is 17.0 Å². The van der Waals surface area contributed by atoms with E-state index in [4.69, 9.17) is 11.6 Å². The fraction of sp³-hybridized carbons (Fsp3) is 0.231. The molecule has 1 aromatic carbocycles. The quantitative estimate of drug-likeness (QED) is 0.691. The highest BCUT2D eigenvalue weighted by Gasteiger charge is 2.11. The molecule has 0 aliphatic heterocycles. The highest BCUT2D eigenvalue weighted by molar-refractivity contribution is 9.10. The number of alkyl halides is 1. The van der Waals surface area contributed by atoms with Gasteiger partial charge in [0.15, 0.2) is 0 Å². The first-order valence-electron chi connectivity index (χ1n) is 5.12. The Bertz CT molecular complexity index is 439. The average Bonchev–Trinajstić information content (AvgIpc) is 2.78. The lowest BCUT2D eigenvalue weighted by atomic mass is 9.95. The predicted molar refractivity (Wildman–Crippen MR) is 75.6 cm³/mol. The van der Waals surface area contributed by atoms with E-state index in [1.807, 2.05) is 6.07 Å². The van der Waals surface area contributed by atoms with E-state index in [9.17, 15) is 0 Å². The zero-order valence-electron chi connectivity index (χ0n) is 8.70. The van der Waals surface area contributed by atoms with Gasteiger partial charge in [0.2, 0.25) is 0 Å². The summed E-state index contributed by atoms with van der Waals surface area (Å²) in [5.41, 5.74) is 2.67. The molecule has 0 bridgehead atoms. The van der Waals surface area contributed by atoms with Crippen LogP contribution in [0, 0.1) is 0 Å². The monoisotopic (exact) mass is 314 g/mol. The Morgan fingerprint density at radius 1 is 1.31 bits per heavy atom. The second-order valence-electron chi connectivity index (χ2n) is 3.74. The van der Waals surface area contributed by atoms with Crippen molar-refractivity contribution in [2.24, 2.45) is 0 Å². The van der Waals surface area contributed by atoms with Crippen LogP contribution in [-0.2, 0) is 6.42 Å². The molecule has 1 aromatic heterocycles. The molecule has 0 saturated heterocycles. The standard InChI is InChI=1S/C13H12BrClS/c14-13-3-1-2-11(7-13)12(8-15)6-10-4-5-16-9-10/h1-5,7,9,12H,6,8H2. The minimum absolute atomic E-state index is 0.397. The van der Waals surface area contributed by atoms with Gasteiger partial charge >= 0.3 is 0 Å². The minimum Gasteiger partial charge on any atom is -0.152 e. The van der Waals surface area contributed by atoms with Crippen LogP contribution in [0.2, 0.25) is 0 Å². The first kappa shape index (κ1) is 12.2. The zero-order chi connectivity index (χ0) is 11.4. The number of rotatable bonds is 4. The van der Waals surface area contributed by atoms with E-state index >= 15 is 0 Å². The van der Waals surface area contributed by atoms with Crippen molar-refractivity contribution in [1.82, 2.24) is 0 Å². The third-order valence-electron chi connectivity index (χ3n) is 2.57. The molecule has 0 aliphatic rings. The van der Waals surface area contributed by atoms with Crippen LogP contribution in [0.25, 0.3) is 0 Å². The van der Waals surface area contributed by atoms with E-state index in [-0.39, 0.29) is 0 Å². The van der Waals surface area contributed by atoms with E-state index in [1.54, 1.807) is 11.3 Å². The molecule has 0 spiro atoms. The summed E-state index contributed by atoms with van der Waals surface area (Å²) >= 11 is 11.3. The van der Waals surface area contributed by atoms with Gasteiger partial charge in [-0.3, -0.25) is 0 Å². The Kier molecular flexibility index (Phi) is 4.45. The Morgan fingerprint density at radius 2 is 2.19 bits per heavy atom. The third kappa shape index (κ3) is 3.09. The van der Waals surface area contributed by atoms with Gasteiger partial charge in [-0.05, 0) is 46.5 Å². The number of thiophene rings is 1. The fourth-order valence-corrected chi connectivity index (χ4v) is 3.10.